The zero-order chi connectivity index (χ0) is 14.7. The van der Waals surface area contributed by atoms with Gasteiger partial charge in [0, 0.05) is 11.9 Å². The van der Waals surface area contributed by atoms with Crippen LogP contribution in [0.4, 0.5) is 0 Å². The zero-order valence-corrected chi connectivity index (χ0v) is 13.5. The zero-order valence-electron chi connectivity index (χ0n) is 12.7. The quantitative estimate of drug-likeness (QED) is 0.631. The third kappa shape index (κ3) is 2.91. The molecule has 0 saturated carbocycles. The van der Waals surface area contributed by atoms with Gasteiger partial charge in [-0.2, -0.15) is 11.8 Å². The highest BCUT2D eigenvalue weighted by atomic mass is 32.2. The van der Waals surface area contributed by atoms with Crippen LogP contribution in [0.5, 0.6) is 0 Å². The number of rotatable bonds is 6. The molecule has 4 heteroatoms. The minimum atomic E-state index is 1.01. The van der Waals surface area contributed by atoms with E-state index in [0.717, 1.165) is 23.4 Å². The Balaban J connectivity index is 1.93. The third-order valence-corrected chi connectivity index (χ3v) is 4.60. The molecule has 0 bridgehead atoms. The van der Waals surface area contributed by atoms with E-state index in [1.54, 1.807) is 0 Å². The van der Waals surface area contributed by atoms with Crippen LogP contribution in [0.2, 0.25) is 0 Å². The molecule has 0 aliphatic rings. The molecule has 0 unspecified atom stereocenters. The lowest BCUT2D eigenvalue weighted by Gasteiger charge is -2.08. The average Bonchev–Trinajstić information content (AvgIpc) is 2.83. The summed E-state index contributed by atoms with van der Waals surface area (Å²) in [7, 11) is 0. The maximum Gasteiger partial charge on any atom is 0.108 e. The minimum Gasteiger partial charge on any atom is -0.328 e. The standard InChI is InChI=1S/C17H21N3S/c1-13-19-16-12-18-15-9-5-4-8-14(15)17(16)20(13)10-6-3-7-11-21-2/h4-5,8-9,12H,3,6-7,10-11H2,1-2H3. The van der Waals surface area contributed by atoms with Gasteiger partial charge in [0.1, 0.15) is 11.3 Å². The van der Waals surface area contributed by atoms with Gasteiger partial charge >= 0.3 is 0 Å². The van der Waals surface area contributed by atoms with Crippen molar-refractivity contribution in [3.63, 3.8) is 0 Å². The normalized spacial score (nSPS) is 11.5. The monoisotopic (exact) mass is 299 g/mol. The van der Waals surface area contributed by atoms with Gasteiger partial charge < -0.3 is 4.57 Å². The van der Waals surface area contributed by atoms with Crippen molar-refractivity contribution in [1.29, 1.82) is 0 Å². The maximum absolute atomic E-state index is 4.67. The second-order valence-electron chi connectivity index (χ2n) is 5.37. The van der Waals surface area contributed by atoms with Crippen LogP contribution in [0, 0.1) is 6.92 Å². The van der Waals surface area contributed by atoms with Crippen LogP contribution in [0.3, 0.4) is 0 Å². The summed E-state index contributed by atoms with van der Waals surface area (Å²) in [5.74, 6) is 2.35. The van der Waals surface area contributed by atoms with Gasteiger partial charge in [-0.1, -0.05) is 24.6 Å². The van der Waals surface area contributed by atoms with E-state index in [2.05, 4.69) is 45.9 Å². The molecule has 1 aromatic carbocycles. The molecule has 3 aromatic rings. The van der Waals surface area contributed by atoms with E-state index < -0.39 is 0 Å². The number of fused-ring (bicyclic) bond motifs is 3. The van der Waals surface area contributed by atoms with Gasteiger partial charge in [0.15, 0.2) is 0 Å². The lowest BCUT2D eigenvalue weighted by Crippen LogP contribution is -2.01. The molecular formula is C17H21N3S. The van der Waals surface area contributed by atoms with Crippen LogP contribution in [-0.2, 0) is 6.54 Å². The fourth-order valence-electron chi connectivity index (χ4n) is 2.84. The fourth-order valence-corrected chi connectivity index (χ4v) is 3.34. The number of imidazole rings is 1. The fraction of sp³-hybridized carbons (Fsp3) is 0.412. The van der Waals surface area contributed by atoms with E-state index in [0.29, 0.717) is 0 Å². The number of aryl methyl sites for hydroxylation is 2. The van der Waals surface area contributed by atoms with Crippen LogP contribution >= 0.6 is 11.8 Å². The van der Waals surface area contributed by atoms with Gasteiger partial charge in [-0.15, -0.1) is 0 Å². The minimum absolute atomic E-state index is 1.01. The number of unbranched alkanes of at least 4 members (excludes halogenated alkanes) is 2. The summed E-state index contributed by atoms with van der Waals surface area (Å²) in [6.45, 7) is 3.14. The molecule has 0 N–H and O–H groups in total. The Labute approximate surface area is 129 Å². The Kier molecular flexibility index (Phi) is 4.44. The Morgan fingerprint density at radius 3 is 2.81 bits per heavy atom. The molecule has 0 radical (unpaired) electrons. The van der Waals surface area contributed by atoms with Crippen molar-refractivity contribution in [2.45, 2.75) is 32.7 Å². The summed E-state index contributed by atoms with van der Waals surface area (Å²) in [5.41, 5.74) is 3.30. The van der Waals surface area contributed by atoms with Crippen molar-refractivity contribution in [1.82, 2.24) is 14.5 Å². The summed E-state index contributed by atoms with van der Waals surface area (Å²) in [6.07, 6.45) is 7.86. The van der Waals surface area contributed by atoms with Crippen LogP contribution in [0.25, 0.3) is 21.9 Å². The predicted octanol–water partition coefficient (Wildman–Crippen LogP) is 4.43. The van der Waals surface area contributed by atoms with Gasteiger partial charge in [0.05, 0.1) is 17.2 Å². The van der Waals surface area contributed by atoms with Gasteiger partial charge in [-0.3, -0.25) is 4.98 Å². The van der Waals surface area contributed by atoms with Crippen LogP contribution in [-0.4, -0.2) is 26.5 Å². The molecule has 0 atom stereocenters. The number of para-hydroxylation sites is 1. The molecule has 0 aliphatic heterocycles. The van der Waals surface area contributed by atoms with Gasteiger partial charge in [0.2, 0.25) is 0 Å². The molecule has 0 saturated heterocycles. The second-order valence-corrected chi connectivity index (χ2v) is 6.36. The topological polar surface area (TPSA) is 30.7 Å². The van der Waals surface area contributed by atoms with Crippen molar-refractivity contribution >= 4 is 33.7 Å². The number of aromatic nitrogens is 3. The first-order chi connectivity index (χ1) is 10.3. The van der Waals surface area contributed by atoms with E-state index in [1.165, 1.54) is 35.9 Å². The highest BCUT2D eigenvalue weighted by molar-refractivity contribution is 7.98. The molecule has 2 aromatic heterocycles. The van der Waals surface area contributed by atoms with Crippen LogP contribution in [0.1, 0.15) is 25.1 Å². The highest BCUT2D eigenvalue weighted by Gasteiger charge is 2.11. The van der Waals surface area contributed by atoms with Crippen molar-refractivity contribution in [2.24, 2.45) is 0 Å². The largest absolute Gasteiger partial charge is 0.328 e. The summed E-state index contributed by atoms with van der Waals surface area (Å²) in [4.78, 5) is 9.18. The molecule has 3 rings (SSSR count). The van der Waals surface area contributed by atoms with E-state index in [9.17, 15) is 0 Å². The molecule has 3 nitrogen and oxygen atoms in total. The first-order valence-corrected chi connectivity index (χ1v) is 8.90. The SMILES string of the molecule is CSCCCCCn1c(C)nc2cnc3ccccc3c21. The molecular weight excluding hydrogens is 278 g/mol. The molecule has 110 valence electrons. The Hall–Kier alpha value is -1.55. The summed E-state index contributed by atoms with van der Waals surface area (Å²) >= 11 is 1.93. The van der Waals surface area contributed by atoms with Crippen molar-refractivity contribution < 1.29 is 0 Å². The highest BCUT2D eigenvalue weighted by Crippen LogP contribution is 2.24. The number of nitrogens with zero attached hydrogens (tertiary/aromatic N) is 3. The predicted molar refractivity (Wildman–Crippen MR) is 92.0 cm³/mol. The third-order valence-electron chi connectivity index (χ3n) is 3.90. The van der Waals surface area contributed by atoms with Crippen molar-refractivity contribution in [3.8, 4) is 0 Å². The second kappa shape index (κ2) is 6.48. The number of thioether (sulfide) groups is 1. The Morgan fingerprint density at radius 1 is 1.10 bits per heavy atom. The number of hydrogen-bond acceptors (Lipinski definition) is 3. The van der Waals surface area contributed by atoms with E-state index in [4.69, 9.17) is 0 Å². The lowest BCUT2D eigenvalue weighted by molar-refractivity contribution is 0.605. The molecule has 0 amide bonds. The summed E-state index contributed by atoms with van der Waals surface area (Å²) in [6, 6.07) is 8.33. The van der Waals surface area contributed by atoms with E-state index in [-0.39, 0.29) is 0 Å². The average molecular weight is 299 g/mol. The van der Waals surface area contributed by atoms with Crippen LogP contribution < -0.4 is 0 Å². The molecule has 0 spiro atoms. The van der Waals surface area contributed by atoms with E-state index >= 15 is 0 Å². The number of hydrogen-bond donors (Lipinski definition) is 0. The maximum atomic E-state index is 4.67. The number of benzene rings is 1. The van der Waals surface area contributed by atoms with Gasteiger partial charge in [-0.25, -0.2) is 4.98 Å². The van der Waals surface area contributed by atoms with Crippen molar-refractivity contribution in [2.75, 3.05) is 12.0 Å². The van der Waals surface area contributed by atoms with E-state index in [1.807, 2.05) is 24.0 Å². The first-order valence-electron chi connectivity index (χ1n) is 7.51. The Bertz CT molecular complexity index is 748. The number of pyridine rings is 1. The van der Waals surface area contributed by atoms with Gasteiger partial charge in [0.25, 0.3) is 0 Å². The molecule has 21 heavy (non-hydrogen) atoms. The van der Waals surface area contributed by atoms with Crippen LogP contribution in [0.15, 0.2) is 30.5 Å². The summed E-state index contributed by atoms with van der Waals surface area (Å²) in [5, 5.41) is 1.21. The molecule has 0 fully saturated rings. The lowest BCUT2D eigenvalue weighted by atomic mass is 10.2. The smallest absolute Gasteiger partial charge is 0.108 e. The van der Waals surface area contributed by atoms with Crippen molar-refractivity contribution in [3.05, 3.63) is 36.3 Å². The summed E-state index contributed by atoms with van der Waals surface area (Å²) < 4.78 is 2.36. The Morgan fingerprint density at radius 2 is 1.95 bits per heavy atom. The molecule has 0 aliphatic carbocycles. The molecule has 2 heterocycles. The first kappa shape index (κ1) is 14.4. The van der Waals surface area contributed by atoms with Gasteiger partial charge in [-0.05, 0) is 37.8 Å².